The van der Waals surface area contributed by atoms with E-state index >= 15 is 0 Å². The van der Waals surface area contributed by atoms with E-state index in [1.54, 1.807) is 41.8 Å². The molecule has 3 aromatic rings. The number of benzene rings is 3. The second-order valence-corrected chi connectivity index (χ2v) is 16.2. The molecule has 4 aliphatic rings. The van der Waals surface area contributed by atoms with E-state index < -0.39 is 0 Å². The molecule has 0 spiro atoms. The number of rotatable bonds is 10. The molecule has 0 saturated heterocycles. The number of hydrogen-bond acceptors (Lipinski definition) is 4. The Morgan fingerprint density at radius 3 is 1.26 bits per heavy atom. The Morgan fingerprint density at radius 2 is 0.842 bits per heavy atom. The van der Waals surface area contributed by atoms with Crippen molar-refractivity contribution in [2.75, 3.05) is 0 Å². The number of fused-ring (bicyclic) bond motifs is 10. The molecule has 0 nitrogen and oxygen atoms in total. The van der Waals surface area contributed by atoms with Gasteiger partial charge < -0.3 is 0 Å². The Kier molecular flexibility index (Phi) is 7.62. The molecular weight excluding hydrogens is 537 g/mol. The van der Waals surface area contributed by atoms with Crippen LogP contribution in [0, 0.1) is 0 Å². The summed E-state index contributed by atoms with van der Waals surface area (Å²) in [6, 6.07) is 20.0. The van der Waals surface area contributed by atoms with Gasteiger partial charge in [0.05, 0.1) is 21.0 Å². The largest absolute Gasteiger partial charge is 0.116 e. The summed E-state index contributed by atoms with van der Waals surface area (Å²) in [6.45, 7) is 4.59. The van der Waals surface area contributed by atoms with E-state index in [0.29, 0.717) is 21.0 Å². The first-order valence-electron chi connectivity index (χ1n) is 14.8. The van der Waals surface area contributed by atoms with Crippen molar-refractivity contribution in [3.63, 3.8) is 0 Å². The van der Waals surface area contributed by atoms with Crippen molar-refractivity contribution in [3.8, 4) is 0 Å². The Balaban J connectivity index is 1.06. The number of unbranched alkanes of at least 4 members (excludes halogenated alkanes) is 6. The number of aryl methyl sites for hydroxylation is 2. The van der Waals surface area contributed by atoms with Gasteiger partial charge in [0.1, 0.15) is 0 Å². The van der Waals surface area contributed by atoms with Crippen LogP contribution in [0.25, 0.3) is 0 Å². The predicted molar refractivity (Wildman–Crippen MR) is 169 cm³/mol. The summed E-state index contributed by atoms with van der Waals surface area (Å²) in [5.41, 5.74) is 9.44. The Morgan fingerprint density at radius 1 is 0.447 bits per heavy atom. The average Bonchev–Trinajstić information content (AvgIpc) is 3.65. The van der Waals surface area contributed by atoms with Crippen LogP contribution in [0.2, 0.25) is 0 Å². The Hall–Kier alpha value is -0.940. The highest BCUT2D eigenvalue weighted by molar-refractivity contribution is 8.05. The van der Waals surface area contributed by atoms with Crippen LogP contribution >= 0.6 is 47.0 Å². The van der Waals surface area contributed by atoms with Crippen LogP contribution in [-0.2, 0) is 12.8 Å². The quantitative estimate of drug-likeness (QED) is 0.221. The second kappa shape index (κ2) is 11.1. The summed E-state index contributed by atoms with van der Waals surface area (Å²) in [5, 5.41) is 2.35. The predicted octanol–water partition coefficient (Wildman–Crippen LogP) is 11.9. The minimum absolute atomic E-state index is 0.585. The SMILES string of the molecule is CCCCCCc1ccc2c(c1)SC1c3cc4c(cc3SC21)C1Sc2cc(CCCCCC)ccc2C1S4. The third kappa shape index (κ3) is 4.70. The molecule has 4 aliphatic heterocycles. The maximum Gasteiger partial charge on any atom is 0.0519 e. The van der Waals surface area contributed by atoms with Crippen molar-refractivity contribution in [1.82, 2.24) is 0 Å². The zero-order chi connectivity index (χ0) is 25.6. The van der Waals surface area contributed by atoms with E-state index in [2.05, 4.69) is 109 Å². The van der Waals surface area contributed by atoms with Crippen molar-refractivity contribution in [2.24, 2.45) is 0 Å². The molecule has 0 N–H and O–H groups in total. The van der Waals surface area contributed by atoms with E-state index in [-0.39, 0.29) is 0 Å². The van der Waals surface area contributed by atoms with Gasteiger partial charge in [0, 0.05) is 19.6 Å². The smallest absolute Gasteiger partial charge is 0.0519 e. The average molecular weight is 575 g/mol. The Bertz CT molecular complexity index is 1240. The molecule has 0 aromatic heterocycles. The summed E-state index contributed by atoms with van der Waals surface area (Å²) >= 11 is 8.56. The topological polar surface area (TPSA) is 0 Å². The van der Waals surface area contributed by atoms with E-state index in [4.69, 9.17) is 0 Å². The van der Waals surface area contributed by atoms with E-state index in [9.17, 15) is 0 Å². The highest BCUT2D eigenvalue weighted by atomic mass is 32.2. The lowest BCUT2D eigenvalue weighted by molar-refractivity contribution is 0.666. The van der Waals surface area contributed by atoms with Gasteiger partial charge in [0.25, 0.3) is 0 Å². The van der Waals surface area contributed by atoms with Crippen LogP contribution in [0.3, 0.4) is 0 Å². The van der Waals surface area contributed by atoms with Gasteiger partial charge in [-0.3, -0.25) is 0 Å². The van der Waals surface area contributed by atoms with Crippen LogP contribution in [0.1, 0.15) is 120 Å². The third-order valence-corrected chi connectivity index (χ3v) is 14.6. The lowest BCUT2D eigenvalue weighted by Crippen LogP contribution is -1.93. The molecule has 198 valence electrons. The fourth-order valence-corrected chi connectivity index (χ4v) is 13.2. The maximum atomic E-state index is 2.60. The number of thioether (sulfide) groups is 4. The van der Waals surface area contributed by atoms with Gasteiger partial charge in [-0.2, -0.15) is 0 Å². The third-order valence-electron chi connectivity index (χ3n) is 8.73. The first-order chi connectivity index (χ1) is 18.7. The molecule has 0 bridgehead atoms. The highest BCUT2D eigenvalue weighted by Gasteiger charge is 2.46. The first kappa shape index (κ1) is 26.0. The zero-order valence-corrected chi connectivity index (χ0v) is 25.9. The fourth-order valence-electron chi connectivity index (χ4n) is 6.60. The maximum absolute atomic E-state index is 2.60. The van der Waals surface area contributed by atoms with Crippen molar-refractivity contribution in [2.45, 2.75) is 119 Å². The van der Waals surface area contributed by atoms with Gasteiger partial charge in [0.15, 0.2) is 0 Å². The molecule has 0 aliphatic carbocycles. The molecule has 4 heteroatoms. The van der Waals surface area contributed by atoms with Gasteiger partial charge in [-0.25, -0.2) is 0 Å². The summed E-state index contributed by atoms with van der Waals surface area (Å²) in [7, 11) is 0. The number of hydrogen-bond donors (Lipinski definition) is 0. The molecule has 0 amide bonds. The molecular formula is C34H38S4. The summed E-state index contributed by atoms with van der Waals surface area (Å²) in [5.74, 6) is 0. The van der Waals surface area contributed by atoms with Crippen molar-refractivity contribution in [1.29, 1.82) is 0 Å². The fraction of sp³-hybridized carbons (Fsp3) is 0.471. The highest BCUT2D eigenvalue weighted by Crippen LogP contribution is 2.71. The van der Waals surface area contributed by atoms with Gasteiger partial charge in [0.2, 0.25) is 0 Å². The van der Waals surface area contributed by atoms with Crippen LogP contribution < -0.4 is 0 Å². The summed E-state index contributed by atoms with van der Waals surface area (Å²) in [4.78, 5) is 6.20. The molecule has 0 radical (unpaired) electrons. The minimum atomic E-state index is 0.585. The monoisotopic (exact) mass is 574 g/mol. The van der Waals surface area contributed by atoms with E-state index in [0.717, 1.165) is 0 Å². The summed E-state index contributed by atoms with van der Waals surface area (Å²) in [6.07, 6.45) is 13.2. The Labute approximate surface area is 246 Å². The first-order valence-corrected chi connectivity index (χ1v) is 18.4. The van der Waals surface area contributed by atoms with Crippen LogP contribution in [-0.4, -0.2) is 0 Å². The van der Waals surface area contributed by atoms with Crippen LogP contribution in [0.5, 0.6) is 0 Å². The second-order valence-electron chi connectivity index (χ2n) is 11.4. The minimum Gasteiger partial charge on any atom is -0.116 e. The molecule has 4 unspecified atom stereocenters. The van der Waals surface area contributed by atoms with Crippen LogP contribution in [0.4, 0.5) is 0 Å². The van der Waals surface area contributed by atoms with Crippen molar-refractivity contribution >= 4 is 47.0 Å². The van der Waals surface area contributed by atoms with Crippen LogP contribution in [0.15, 0.2) is 68.1 Å². The van der Waals surface area contributed by atoms with Crippen molar-refractivity contribution < 1.29 is 0 Å². The molecule has 38 heavy (non-hydrogen) atoms. The molecule has 0 fully saturated rings. The normalized spacial score (nSPS) is 23.6. The molecule has 0 saturated carbocycles. The lowest BCUT2D eigenvalue weighted by atomic mass is 9.98. The standard InChI is InChI=1S/C34H38S4/c1-3-5-7-9-11-21-13-15-23-27(17-21)35-33-25-19-30-26(20-29(25)37-31(23)33)34-32(38-30)24-16-14-22(18-28(24)36-34)12-10-8-6-4-2/h13-20,31-34H,3-12H2,1-2H3. The molecule has 7 rings (SSSR count). The van der Waals surface area contributed by atoms with Gasteiger partial charge in [-0.15, -0.1) is 47.0 Å². The van der Waals surface area contributed by atoms with E-state index in [1.165, 1.54) is 75.3 Å². The van der Waals surface area contributed by atoms with Gasteiger partial charge in [-0.1, -0.05) is 76.6 Å². The summed E-state index contributed by atoms with van der Waals surface area (Å²) < 4.78 is 0. The molecule has 4 heterocycles. The lowest BCUT2D eigenvalue weighted by Gasteiger charge is -2.11. The van der Waals surface area contributed by atoms with Gasteiger partial charge >= 0.3 is 0 Å². The molecule has 4 atom stereocenters. The molecule has 3 aromatic carbocycles. The van der Waals surface area contributed by atoms with Gasteiger partial charge in [-0.05, 0) is 83.3 Å². The zero-order valence-electron chi connectivity index (χ0n) is 22.6. The van der Waals surface area contributed by atoms with E-state index in [1.807, 2.05) is 0 Å². The van der Waals surface area contributed by atoms with Crippen molar-refractivity contribution in [3.05, 3.63) is 81.9 Å².